The minimum absolute atomic E-state index is 0.0128. The van der Waals surface area contributed by atoms with Crippen molar-refractivity contribution >= 4 is 47.5 Å². The molecule has 11 N–H and O–H groups in total. The number of benzene rings is 1. The summed E-state index contributed by atoms with van der Waals surface area (Å²) < 4.78 is 0. The lowest BCUT2D eigenvalue weighted by Gasteiger charge is -2.28. The molecule has 6 atom stereocenters. The molecule has 0 radical (unpaired) electrons. The maximum Gasteiger partial charge on any atom is 0.326 e. The fourth-order valence-corrected chi connectivity index (χ4v) is 4.35. The molecular formula is C30H43N5O13. The van der Waals surface area contributed by atoms with Gasteiger partial charge < -0.3 is 52.5 Å². The fraction of sp³-hybridized carbons (Fsp3) is 0.533. The molecule has 0 saturated carbocycles. The second kappa shape index (κ2) is 20.1. The van der Waals surface area contributed by atoms with Crippen LogP contribution < -0.4 is 27.0 Å². The lowest BCUT2D eigenvalue weighted by atomic mass is 9.96. The Morgan fingerprint density at radius 2 is 1.06 bits per heavy atom. The molecule has 18 heteroatoms. The average Bonchev–Trinajstić information content (AvgIpc) is 3.01. The molecule has 1 aromatic carbocycles. The van der Waals surface area contributed by atoms with E-state index in [0.717, 1.165) is 0 Å². The van der Waals surface area contributed by atoms with E-state index >= 15 is 0 Å². The maximum atomic E-state index is 13.4. The van der Waals surface area contributed by atoms with Crippen LogP contribution >= 0.6 is 0 Å². The number of hydrogen-bond donors (Lipinski definition) is 10. The van der Waals surface area contributed by atoms with Gasteiger partial charge in [0.2, 0.25) is 23.6 Å². The van der Waals surface area contributed by atoms with Gasteiger partial charge in [-0.3, -0.25) is 33.6 Å². The lowest BCUT2D eigenvalue weighted by molar-refractivity contribution is -0.144. The van der Waals surface area contributed by atoms with Crippen LogP contribution in [0.3, 0.4) is 0 Å². The van der Waals surface area contributed by atoms with Crippen molar-refractivity contribution in [1.29, 1.82) is 0 Å². The van der Waals surface area contributed by atoms with Gasteiger partial charge in [-0.2, -0.15) is 0 Å². The van der Waals surface area contributed by atoms with Crippen molar-refractivity contribution in [3.05, 3.63) is 29.8 Å². The van der Waals surface area contributed by atoms with Crippen LogP contribution in [0.5, 0.6) is 5.75 Å². The molecule has 0 heterocycles. The molecule has 48 heavy (non-hydrogen) atoms. The van der Waals surface area contributed by atoms with Crippen LogP contribution in [0, 0.1) is 5.92 Å². The summed E-state index contributed by atoms with van der Waals surface area (Å²) in [6.07, 6.45) is -2.86. The highest BCUT2D eigenvalue weighted by molar-refractivity contribution is 5.96. The number of nitrogens with two attached hydrogens (primary N) is 1. The summed E-state index contributed by atoms with van der Waals surface area (Å²) in [6.45, 7) is 3.23. The minimum Gasteiger partial charge on any atom is -0.508 e. The number of rotatable bonds is 22. The molecule has 266 valence electrons. The van der Waals surface area contributed by atoms with Crippen LogP contribution in [-0.4, -0.2) is 103 Å². The van der Waals surface area contributed by atoms with Crippen molar-refractivity contribution in [1.82, 2.24) is 21.3 Å². The molecule has 0 aliphatic heterocycles. The Hall–Kier alpha value is -5.26. The Morgan fingerprint density at radius 1 is 0.646 bits per heavy atom. The number of aromatic hydroxyl groups is 1. The van der Waals surface area contributed by atoms with Gasteiger partial charge in [0.15, 0.2) is 0 Å². The van der Waals surface area contributed by atoms with Gasteiger partial charge in [0, 0.05) is 19.3 Å². The number of carbonyl (C=O) groups is 8. The SMILES string of the molecule is CC[C@H](C)[C@H](NC(=O)[C@H](CCC(=O)O)NC(=O)[C@H](CCC(=O)O)NC(=O)[C@@H](N)Cc1ccc(O)cc1)C(=O)N[C@@H](CCC(=O)O)C(=O)O. The van der Waals surface area contributed by atoms with Crippen LogP contribution in [0.1, 0.15) is 64.4 Å². The predicted octanol–water partition coefficient (Wildman–Crippen LogP) is -1.07. The molecule has 0 aliphatic rings. The number of nitrogens with one attached hydrogen (secondary N) is 4. The average molecular weight is 682 g/mol. The first kappa shape index (κ1) is 40.8. The quantitative estimate of drug-likeness (QED) is 0.0697. The number of carboxylic acid groups (broad SMARTS) is 4. The van der Waals surface area contributed by atoms with Crippen molar-refractivity contribution in [2.75, 3.05) is 0 Å². The number of hydrogen-bond acceptors (Lipinski definition) is 10. The Labute approximate surface area is 275 Å². The van der Waals surface area contributed by atoms with Crippen molar-refractivity contribution < 1.29 is 63.9 Å². The van der Waals surface area contributed by atoms with Gasteiger partial charge >= 0.3 is 23.9 Å². The molecule has 0 fully saturated rings. The van der Waals surface area contributed by atoms with Gasteiger partial charge in [0.1, 0.15) is 29.9 Å². The zero-order chi connectivity index (χ0) is 36.6. The zero-order valence-electron chi connectivity index (χ0n) is 26.5. The first-order valence-electron chi connectivity index (χ1n) is 15.1. The standard InChI is InChI=1S/C30H43N5O13/c1-3-15(2)25(29(46)34-21(30(47)48)10-13-24(41)42)35-28(45)20(9-12-23(39)40)33-27(44)19(8-11-22(37)38)32-26(43)18(31)14-16-4-6-17(36)7-5-16/h4-7,15,18-21,25,36H,3,8-14,31H2,1-2H3,(H,32,43)(H,33,44)(H,34,46)(H,35,45)(H,37,38)(H,39,40)(H,41,42)(H,47,48)/t15-,18-,19-,20-,21-,25-/m0/s1. The van der Waals surface area contributed by atoms with Crippen LogP contribution in [-0.2, 0) is 44.8 Å². The first-order valence-corrected chi connectivity index (χ1v) is 15.1. The number of carboxylic acids is 4. The van der Waals surface area contributed by atoms with Gasteiger partial charge in [0.25, 0.3) is 0 Å². The monoisotopic (exact) mass is 681 g/mol. The zero-order valence-corrected chi connectivity index (χ0v) is 26.5. The molecule has 0 unspecified atom stereocenters. The summed E-state index contributed by atoms with van der Waals surface area (Å²) in [6, 6.07) is -1.53. The number of phenolic OH excluding ortho intramolecular Hbond substituents is 1. The molecule has 0 aliphatic carbocycles. The summed E-state index contributed by atoms with van der Waals surface area (Å²) in [5, 5.41) is 55.4. The third kappa shape index (κ3) is 14.9. The van der Waals surface area contributed by atoms with E-state index in [-0.39, 0.29) is 12.2 Å². The second-order valence-electron chi connectivity index (χ2n) is 11.2. The summed E-state index contributed by atoms with van der Waals surface area (Å²) in [7, 11) is 0. The van der Waals surface area contributed by atoms with Crippen LogP contribution in [0.25, 0.3) is 0 Å². The second-order valence-corrected chi connectivity index (χ2v) is 11.2. The van der Waals surface area contributed by atoms with Crippen LogP contribution in [0.4, 0.5) is 0 Å². The van der Waals surface area contributed by atoms with E-state index in [4.69, 9.17) is 10.8 Å². The first-order chi connectivity index (χ1) is 22.4. The van der Waals surface area contributed by atoms with E-state index in [1.807, 2.05) is 0 Å². The van der Waals surface area contributed by atoms with E-state index in [2.05, 4.69) is 21.3 Å². The minimum atomic E-state index is -1.61. The van der Waals surface area contributed by atoms with E-state index in [9.17, 15) is 58.8 Å². The molecular weight excluding hydrogens is 638 g/mol. The van der Waals surface area contributed by atoms with E-state index in [0.29, 0.717) is 12.0 Å². The summed E-state index contributed by atoms with van der Waals surface area (Å²) in [5.74, 6) is -9.96. The number of aliphatic carboxylic acids is 4. The molecule has 1 rings (SSSR count). The van der Waals surface area contributed by atoms with Crippen molar-refractivity contribution in [2.45, 2.75) is 95.4 Å². The highest BCUT2D eigenvalue weighted by Crippen LogP contribution is 2.13. The molecule has 1 aromatic rings. The van der Waals surface area contributed by atoms with Gasteiger partial charge in [0.05, 0.1) is 6.04 Å². The van der Waals surface area contributed by atoms with E-state index in [1.54, 1.807) is 13.8 Å². The summed E-state index contributed by atoms with van der Waals surface area (Å²) in [5.41, 5.74) is 6.55. The number of phenols is 1. The highest BCUT2D eigenvalue weighted by atomic mass is 16.4. The molecule has 0 spiro atoms. The third-order valence-electron chi connectivity index (χ3n) is 7.34. The Morgan fingerprint density at radius 3 is 1.50 bits per heavy atom. The third-order valence-corrected chi connectivity index (χ3v) is 7.34. The van der Waals surface area contributed by atoms with Crippen LogP contribution in [0.2, 0.25) is 0 Å². The lowest BCUT2D eigenvalue weighted by Crippen LogP contribution is -2.59. The van der Waals surface area contributed by atoms with Crippen molar-refractivity contribution in [2.24, 2.45) is 11.7 Å². The molecule has 0 aromatic heterocycles. The molecule has 0 saturated heterocycles. The summed E-state index contributed by atoms with van der Waals surface area (Å²) in [4.78, 5) is 97.8. The maximum absolute atomic E-state index is 13.4. The predicted molar refractivity (Wildman–Crippen MR) is 165 cm³/mol. The topological polar surface area (TPSA) is 312 Å². The molecule has 4 amide bonds. The smallest absolute Gasteiger partial charge is 0.326 e. The van der Waals surface area contributed by atoms with Gasteiger partial charge in [-0.15, -0.1) is 0 Å². The van der Waals surface area contributed by atoms with E-state index in [1.165, 1.54) is 24.3 Å². The normalized spacial score (nSPS) is 14.6. The van der Waals surface area contributed by atoms with Crippen molar-refractivity contribution in [3.8, 4) is 5.75 Å². The van der Waals surface area contributed by atoms with Crippen LogP contribution in [0.15, 0.2) is 24.3 Å². The number of amides is 4. The van der Waals surface area contributed by atoms with Gasteiger partial charge in [-0.1, -0.05) is 32.4 Å². The highest BCUT2D eigenvalue weighted by Gasteiger charge is 2.34. The fourth-order valence-electron chi connectivity index (χ4n) is 4.35. The summed E-state index contributed by atoms with van der Waals surface area (Å²) >= 11 is 0. The number of carbonyl (C=O) groups excluding carboxylic acids is 4. The largest absolute Gasteiger partial charge is 0.508 e. The Kier molecular flexibility index (Phi) is 17.1. The van der Waals surface area contributed by atoms with Crippen molar-refractivity contribution in [3.63, 3.8) is 0 Å². The van der Waals surface area contributed by atoms with Gasteiger partial charge in [-0.25, -0.2) is 4.79 Å². The Bertz CT molecular complexity index is 1320. The Balaban J connectivity index is 3.20. The molecule has 18 nitrogen and oxygen atoms in total. The van der Waals surface area contributed by atoms with Gasteiger partial charge in [-0.05, 0) is 49.3 Å². The molecule has 0 bridgehead atoms. The van der Waals surface area contributed by atoms with E-state index < -0.39 is 122 Å².